The van der Waals surface area contributed by atoms with Crippen LogP contribution >= 0.6 is 0 Å². The summed E-state index contributed by atoms with van der Waals surface area (Å²) < 4.78 is 31.0. The highest BCUT2D eigenvalue weighted by Crippen LogP contribution is 2.30. The molecule has 0 aliphatic carbocycles. The summed E-state index contributed by atoms with van der Waals surface area (Å²) >= 11 is 0. The molecule has 0 amide bonds. The van der Waals surface area contributed by atoms with E-state index in [9.17, 15) is 14.0 Å². The second-order valence-corrected chi connectivity index (χ2v) is 7.70. The number of halogens is 1. The van der Waals surface area contributed by atoms with Gasteiger partial charge in [-0.25, -0.2) is 9.18 Å². The van der Waals surface area contributed by atoms with E-state index >= 15 is 0 Å². The van der Waals surface area contributed by atoms with Gasteiger partial charge in [0.2, 0.25) is 5.82 Å². The lowest BCUT2D eigenvalue weighted by atomic mass is 10.1. The van der Waals surface area contributed by atoms with E-state index < -0.39 is 17.1 Å². The van der Waals surface area contributed by atoms with Crippen molar-refractivity contribution >= 4 is 10.9 Å². The maximum atomic E-state index is 14.0. The van der Waals surface area contributed by atoms with Crippen LogP contribution < -0.4 is 20.7 Å². The van der Waals surface area contributed by atoms with Crippen molar-refractivity contribution in [3.05, 3.63) is 92.9 Å². The van der Waals surface area contributed by atoms with Crippen LogP contribution in [0.4, 0.5) is 4.39 Å². The van der Waals surface area contributed by atoms with E-state index in [1.807, 2.05) is 0 Å². The first-order valence-electron chi connectivity index (χ1n) is 10.5. The topological polar surface area (TPSA) is 112 Å². The second kappa shape index (κ2) is 8.90. The van der Waals surface area contributed by atoms with Gasteiger partial charge in [0.15, 0.2) is 0 Å². The molecule has 5 aromatic rings. The van der Waals surface area contributed by atoms with Crippen LogP contribution in [-0.2, 0) is 6.54 Å². The molecule has 3 aromatic carbocycles. The van der Waals surface area contributed by atoms with Crippen molar-refractivity contribution in [1.29, 1.82) is 0 Å². The van der Waals surface area contributed by atoms with Gasteiger partial charge in [0, 0.05) is 22.8 Å². The number of methoxy groups -OCH3 is 2. The molecule has 0 fully saturated rings. The molecule has 0 bridgehead atoms. The Balaban J connectivity index is 1.52. The largest absolute Gasteiger partial charge is 0.497 e. The maximum Gasteiger partial charge on any atom is 0.329 e. The summed E-state index contributed by atoms with van der Waals surface area (Å²) in [5.41, 5.74) is 0.481. The zero-order chi connectivity index (χ0) is 24.5. The van der Waals surface area contributed by atoms with Crippen molar-refractivity contribution in [1.82, 2.24) is 19.7 Å². The normalized spacial score (nSPS) is 11.1. The lowest BCUT2D eigenvalue weighted by Gasteiger charge is -2.08. The zero-order valence-electron chi connectivity index (χ0n) is 18.7. The number of ether oxygens (including phenoxy) is 2. The predicted molar refractivity (Wildman–Crippen MR) is 126 cm³/mol. The fourth-order valence-corrected chi connectivity index (χ4v) is 3.72. The molecule has 0 saturated carbocycles. The van der Waals surface area contributed by atoms with Crippen LogP contribution in [0.1, 0.15) is 5.56 Å². The summed E-state index contributed by atoms with van der Waals surface area (Å²) in [6.07, 6.45) is 0. The summed E-state index contributed by atoms with van der Waals surface area (Å²) in [6.45, 7) is -0.185. The smallest absolute Gasteiger partial charge is 0.329 e. The molecule has 0 saturated heterocycles. The quantitative estimate of drug-likeness (QED) is 0.400. The summed E-state index contributed by atoms with van der Waals surface area (Å²) in [5, 5.41) is 4.29. The van der Waals surface area contributed by atoms with Crippen LogP contribution in [-0.4, -0.2) is 33.9 Å². The molecule has 2 heterocycles. The second-order valence-electron chi connectivity index (χ2n) is 7.70. The highest BCUT2D eigenvalue weighted by Gasteiger charge is 2.16. The Bertz CT molecular complexity index is 1650. The van der Waals surface area contributed by atoms with Crippen LogP contribution in [0.25, 0.3) is 33.7 Å². The predicted octanol–water partition coefficient (Wildman–Crippen LogP) is 3.61. The van der Waals surface area contributed by atoms with Crippen LogP contribution in [0.2, 0.25) is 0 Å². The Labute approximate surface area is 197 Å². The first kappa shape index (κ1) is 22.1. The van der Waals surface area contributed by atoms with Gasteiger partial charge in [-0.2, -0.15) is 4.98 Å². The van der Waals surface area contributed by atoms with Crippen molar-refractivity contribution in [2.24, 2.45) is 0 Å². The van der Waals surface area contributed by atoms with Crippen LogP contribution in [0, 0.1) is 5.82 Å². The van der Waals surface area contributed by atoms with E-state index in [1.165, 1.54) is 12.1 Å². The number of nitrogens with one attached hydrogen (secondary N) is 1. The molecule has 0 aliphatic heterocycles. The SMILES string of the molecule is COc1cc(OC)cc(-c2noc(-c3ccc4c(=O)n(Cc5ccccc5F)c(=O)[nH]c4c3)n2)c1. The minimum atomic E-state index is -0.655. The van der Waals surface area contributed by atoms with Crippen LogP contribution in [0.15, 0.2) is 74.8 Å². The van der Waals surface area contributed by atoms with Gasteiger partial charge < -0.3 is 19.0 Å². The van der Waals surface area contributed by atoms with Crippen molar-refractivity contribution in [3.8, 4) is 34.3 Å². The zero-order valence-corrected chi connectivity index (χ0v) is 18.7. The third-order valence-electron chi connectivity index (χ3n) is 5.55. The number of benzene rings is 3. The molecule has 176 valence electrons. The van der Waals surface area contributed by atoms with Gasteiger partial charge in [-0.1, -0.05) is 23.4 Å². The standard InChI is InChI=1S/C25H19FN4O5/c1-33-17-9-16(10-18(12-17)34-2)22-28-23(35-29-22)14-7-8-19-21(11-14)27-25(32)30(24(19)31)13-15-5-3-4-6-20(15)26/h3-12H,13H2,1-2H3,(H,27,32). The van der Waals surface area contributed by atoms with Gasteiger partial charge in [0.1, 0.15) is 17.3 Å². The maximum absolute atomic E-state index is 14.0. The molecule has 0 aliphatic rings. The third-order valence-corrected chi connectivity index (χ3v) is 5.55. The number of fused-ring (bicyclic) bond motifs is 1. The van der Waals surface area contributed by atoms with Crippen molar-refractivity contribution in [2.75, 3.05) is 14.2 Å². The van der Waals surface area contributed by atoms with Crippen molar-refractivity contribution < 1.29 is 18.4 Å². The summed E-state index contributed by atoms with van der Waals surface area (Å²) in [7, 11) is 3.08. The summed E-state index contributed by atoms with van der Waals surface area (Å²) in [6, 6.07) is 16.0. The van der Waals surface area contributed by atoms with E-state index in [1.54, 1.807) is 62.8 Å². The summed E-state index contributed by atoms with van der Waals surface area (Å²) in [5.74, 6) is 1.16. The highest BCUT2D eigenvalue weighted by atomic mass is 19.1. The number of aromatic amines is 1. The minimum absolute atomic E-state index is 0.185. The average molecular weight is 474 g/mol. The monoisotopic (exact) mass is 474 g/mol. The number of aromatic nitrogens is 4. The first-order chi connectivity index (χ1) is 17.0. The third kappa shape index (κ3) is 4.17. The summed E-state index contributed by atoms with van der Waals surface area (Å²) in [4.78, 5) is 32.7. The molecule has 35 heavy (non-hydrogen) atoms. The molecule has 0 radical (unpaired) electrons. The van der Waals surface area contributed by atoms with Crippen molar-refractivity contribution in [2.45, 2.75) is 6.54 Å². The van der Waals surface area contributed by atoms with E-state index in [4.69, 9.17) is 14.0 Å². The van der Waals surface area contributed by atoms with E-state index in [-0.39, 0.29) is 23.4 Å². The van der Waals surface area contributed by atoms with Gasteiger partial charge in [-0.15, -0.1) is 0 Å². The molecule has 9 nitrogen and oxygen atoms in total. The molecular formula is C25H19FN4O5. The molecule has 1 N–H and O–H groups in total. The van der Waals surface area contributed by atoms with Gasteiger partial charge in [0.05, 0.1) is 31.7 Å². The number of hydrogen-bond donors (Lipinski definition) is 1. The minimum Gasteiger partial charge on any atom is -0.497 e. The van der Waals surface area contributed by atoms with Crippen molar-refractivity contribution in [3.63, 3.8) is 0 Å². The first-order valence-corrected chi connectivity index (χ1v) is 10.5. The van der Waals surface area contributed by atoms with E-state index in [2.05, 4.69) is 15.1 Å². The highest BCUT2D eigenvalue weighted by molar-refractivity contribution is 5.82. The molecule has 2 aromatic heterocycles. The lowest BCUT2D eigenvalue weighted by Crippen LogP contribution is -2.35. The van der Waals surface area contributed by atoms with Gasteiger partial charge in [-0.05, 0) is 36.4 Å². The van der Waals surface area contributed by atoms with E-state index in [0.29, 0.717) is 34.0 Å². The van der Waals surface area contributed by atoms with Crippen LogP contribution in [0.5, 0.6) is 11.5 Å². The molecule has 0 atom stereocenters. The van der Waals surface area contributed by atoms with Crippen LogP contribution in [0.3, 0.4) is 0 Å². The molecule has 10 heteroatoms. The average Bonchev–Trinajstić information content (AvgIpc) is 3.37. The van der Waals surface area contributed by atoms with Gasteiger partial charge in [0.25, 0.3) is 11.4 Å². The van der Waals surface area contributed by atoms with Gasteiger partial charge >= 0.3 is 5.69 Å². The van der Waals surface area contributed by atoms with E-state index in [0.717, 1.165) is 4.57 Å². The molecular weight excluding hydrogens is 455 g/mol. The number of rotatable bonds is 6. The number of nitrogens with zero attached hydrogens (tertiary/aromatic N) is 3. The molecule has 0 spiro atoms. The molecule has 0 unspecified atom stereocenters. The fraction of sp³-hybridized carbons (Fsp3) is 0.120. The lowest BCUT2D eigenvalue weighted by molar-refractivity contribution is 0.394. The Morgan fingerprint density at radius 2 is 1.71 bits per heavy atom. The number of hydrogen-bond acceptors (Lipinski definition) is 7. The fourth-order valence-electron chi connectivity index (χ4n) is 3.72. The Morgan fingerprint density at radius 3 is 2.43 bits per heavy atom. The Hall–Kier alpha value is -4.73. The Morgan fingerprint density at radius 1 is 0.971 bits per heavy atom. The van der Waals surface area contributed by atoms with Gasteiger partial charge in [-0.3, -0.25) is 9.36 Å². The Kier molecular flexibility index (Phi) is 5.61. The molecule has 5 rings (SSSR count). The number of H-pyrrole nitrogens is 1.